The third-order valence-corrected chi connectivity index (χ3v) is 4.35. The Bertz CT molecular complexity index is 988. The highest BCUT2D eigenvalue weighted by Crippen LogP contribution is 2.17. The summed E-state index contributed by atoms with van der Waals surface area (Å²) >= 11 is 0. The molecule has 1 heterocycles. The lowest BCUT2D eigenvalue weighted by atomic mass is 10.3. The number of amides is 1. The number of anilines is 2. The number of aromatic nitrogens is 2. The lowest BCUT2D eigenvalue weighted by Crippen LogP contribution is -2.22. The number of hydrogen-bond acceptors (Lipinski definition) is 8. The van der Waals surface area contributed by atoms with Crippen molar-refractivity contribution in [2.75, 3.05) is 10.1 Å². The van der Waals surface area contributed by atoms with E-state index < -0.39 is 21.6 Å². The Kier molecular flexibility index (Phi) is 5.48. The first-order chi connectivity index (χ1) is 12.2. The van der Waals surface area contributed by atoms with Gasteiger partial charge in [0.2, 0.25) is 11.7 Å². The highest BCUT2D eigenvalue weighted by Gasteiger charge is 2.16. The van der Waals surface area contributed by atoms with Gasteiger partial charge in [0.25, 0.3) is 15.9 Å². The molecular weight excluding hydrogens is 358 g/mol. The van der Waals surface area contributed by atoms with Crippen molar-refractivity contribution in [3.05, 3.63) is 41.7 Å². The number of nitriles is 1. The first kappa shape index (κ1) is 18.8. The van der Waals surface area contributed by atoms with E-state index in [2.05, 4.69) is 25.2 Å². The minimum Gasteiger partial charge on any atom is -0.364 e. The van der Waals surface area contributed by atoms with E-state index in [0.717, 1.165) is 0 Å². The molecule has 2 rings (SSSR count). The van der Waals surface area contributed by atoms with Gasteiger partial charge in [-0.25, -0.2) is 23.1 Å². The van der Waals surface area contributed by atoms with E-state index in [-0.39, 0.29) is 10.8 Å². The molecule has 0 saturated carbocycles. The Morgan fingerprint density at radius 1 is 1.19 bits per heavy atom. The maximum Gasteiger partial charge on any atom is 0.280 e. The number of hydrazone groups is 1. The van der Waals surface area contributed by atoms with E-state index >= 15 is 0 Å². The van der Waals surface area contributed by atoms with Crippen LogP contribution in [0.15, 0.2) is 40.3 Å². The van der Waals surface area contributed by atoms with E-state index in [1.54, 1.807) is 19.9 Å². The summed E-state index contributed by atoms with van der Waals surface area (Å²) in [5.74, 6) is -0.994. The maximum atomic E-state index is 12.4. The Labute approximate surface area is 149 Å². The van der Waals surface area contributed by atoms with Gasteiger partial charge in [-0.15, -0.1) is 0 Å². The first-order valence-corrected chi connectivity index (χ1v) is 8.68. The first-order valence-electron chi connectivity index (χ1n) is 7.20. The number of nitrogens with one attached hydrogen (secondary N) is 2. The van der Waals surface area contributed by atoms with Crippen LogP contribution in [-0.2, 0) is 14.8 Å². The quantitative estimate of drug-likeness (QED) is 0.495. The van der Waals surface area contributed by atoms with Crippen LogP contribution >= 0.6 is 0 Å². The Balaban J connectivity index is 2.18. The number of rotatable bonds is 6. The normalized spacial score (nSPS) is 11.5. The molecule has 1 amide bonds. The molecule has 134 valence electrons. The molecule has 0 fully saturated rings. The number of aryl methyl sites for hydroxylation is 2. The van der Waals surface area contributed by atoms with Crippen LogP contribution in [0.3, 0.4) is 0 Å². The van der Waals surface area contributed by atoms with Gasteiger partial charge in [0.15, 0.2) is 0 Å². The lowest BCUT2D eigenvalue weighted by Gasteiger charge is -2.08. The van der Waals surface area contributed by atoms with E-state index in [1.165, 1.54) is 30.3 Å². The van der Waals surface area contributed by atoms with E-state index in [4.69, 9.17) is 11.0 Å². The number of primary amides is 1. The van der Waals surface area contributed by atoms with Crippen LogP contribution in [0.25, 0.3) is 0 Å². The molecule has 0 aliphatic rings. The molecule has 0 bridgehead atoms. The average Bonchev–Trinajstić information content (AvgIpc) is 2.54. The van der Waals surface area contributed by atoms with Crippen LogP contribution in [0.5, 0.6) is 0 Å². The molecular formula is C15H15N7O3S. The largest absolute Gasteiger partial charge is 0.364 e. The number of nitrogens with two attached hydrogens (primary N) is 1. The fourth-order valence-electron chi connectivity index (χ4n) is 1.91. The zero-order valence-electron chi connectivity index (χ0n) is 13.9. The number of carbonyl (C=O) groups is 1. The molecule has 2 aromatic rings. The van der Waals surface area contributed by atoms with Crippen LogP contribution in [-0.4, -0.2) is 30.0 Å². The van der Waals surface area contributed by atoms with Crippen molar-refractivity contribution in [1.29, 1.82) is 5.26 Å². The molecule has 0 radical (unpaired) electrons. The topological polar surface area (TPSA) is 163 Å². The molecule has 0 saturated heterocycles. The van der Waals surface area contributed by atoms with Gasteiger partial charge >= 0.3 is 0 Å². The lowest BCUT2D eigenvalue weighted by molar-refractivity contribution is -0.111. The molecule has 0 spiro atoms. The zero-order valence-corrected chi connectivity index (χ0v) is 14.7. The standard InChI is InChI=1S/C15H15N7O3S/c1-9-7-10(2)19-15(18-9)22-26(24,25)12-5-3-11(4-6-12)20-21-13(8-16)14(17)23/h3-7,20H,1-2H3,(H2,17,23)(H,18,19,22). The summed E-state index contributed by atoms with van der Waals surface area (Å²) in [6, 6.07) is 8.72. The van der Waals surface area contributed by atoms with Crippen molar-refractivity contribution < 1.29 is 13.2 Å². The van der Waals surface area contributed by atoms with Gasteiger partial charge in [0, 0.05) is 11.4 Å². The van der Waals surface area contributed by atoms with Crippen LogP contribution in [0.1, 0.15) is 11.4 Å². The van der Waals surface area contributed by atoms with E-state index in [9.17, 15) is 13.2 Å². The number of hydrogen-bond donors (Lipinski definition) is 3. The van der Waals surface area contributed by atoms with Crippen molar-refractivity contribution in [2.45, 2.75) is 18.7 Å². The second-order valence-corrected chi connectivity index (χ2v) is 6.83. The summed E-state index contributed by atoms with van der Waals surface area (Å²) in [4.78, 5) is 18.9. The molecule has 10 nitrogen and oxygen atoms in total. The number of sulfonamides is 1. The minimum absolute atomic E-state index is 0.0191. The molecule has 1 aromatic heterocycles. The van der Waals surface area contributed by atoms with Gasteiger partial charge in [0.05, 0.1) is 10.6 Å². The third-order valence-electron chi connectivity index (χ3n) is 3.01. The molecule has 0 aliphatic carbocycles. The van der Waals surface area contributed by atoms with Crippen LogP contribution in [0.2, 0.25) is 0 Å². The molecule has 0 aliphatic heterocycles. The van der Waals surface area contributed by atoms with Crippen molar-refractivity contribution in [2.24, 2.45) is 10.8 Å². The third kappa shape index (κ3) is 4.74. The summed E-state index contributed by atoms with van der Waals surface area (Å²) in [6.45, 7) is 3.46. The van der Waals surface area contributed by atoms with Crippen LogP contribution < -0.4 is 15.9 Å². The second-order valence-electron chi connectivity index (χ2n) is 5.15. The average molecular weight is 373 g/mol. The number of nitrogens with zero attached hydrogens (tertiary/aromatic N) is 4. The fraction of sp³-hybridized carbons (Fsp3) is 0.133. The summed E-state index contributed by atoms with van der Waals surface area (Å²) in [5, 5.41) is 12.2. The number of carbonyl (C=O) groups excluding carboxylic acids is 1. The van der Waals surface area contributed by atoms with Gasteiger partial charge in [-0.1, -0.05) is 0 Å². The molecule has 4 N–H and O–H groups in total. The van der Waals surface area contributed by atoms with Gasteiger partial charge in [-0.05, 0) is 44.2 Å². The van der Waals surface area contributed by atoms with Gasteiger partial charge in [0.1, 0.15) is 6.07 Å². The van der Waals surface area contributed by atoms with Gasteiger partial charge < -0.3 is 5.73 Å². The predicted molar refractivity (Wildman–Crippen MR) is 94.6 cm³/mol. The zero-order chi connectivity index (χ0) is 19.3. The molecule has 1 aromatic carbocycles. The summed E-state index contributed by atoms with van der Waals surface area (Å²) in [6.07, 6.45) is 0. The Morgan fingerprint density at radius 3 is 2.27 bits per heavy atom. The van der Waals surface area contributed by atoms with Gasteiger partial charge in [-0.2, -0.15) is 10.4 Å². The number of benzene rings is 1. The Morgan fingerprint density at radius 2 is 1.77 bits per heavy atom. The second kappa shape index (κ2) is 7.58. The Hall–Kier alpha value is -3.52. The summed E-state index contributed by atoms with van der Waals surface area (Å²) in [5.41, 5.74) is 8.53. The monoisotopic (exact) mass is 373 g/mol. The van der Waals surface area contributed by atoms with E-state index in [0.29, 0.717) is 17.1 Å². The van der Waals surface area contributed by atoms with E-state index in [1.807, 2.05) is 0 Å². The minimum atomic E-state index is -3.88. The molecule has 11 heteroatoms. The SMILES string of the molecule is Cc1cc(C)nc(NS(=O)(=O)c2ccc(NN=C(C#N)C(N)=O)cc2)n1. The smallest absolute Gasteiger partial charge is 0.280 e. The molecule has 26 heavy (non-hydrogen) atoms. The van der Waals surface area contributed by atoms with Crippen molar-refractivity contribution in [3.8, 4) is 6.07 Å². The highest BCUT2D eigenvalue weighted by molar-refractivity contribution is 7.92. The van der Waals surface area contributed by atoms with Crippen LogP contribution in [0.4, 0.5) is 11.6 Å². The molecule has 0 atom stereocenters. The van der Waals surface area contributed by atoms with Gasteiger partial charge in [-0.3, -0.25) is 10.2 Å². The molecule has 0 unspecified atom stereocenters. The fourth-order valence-corrected chi connectivity index (χ4v) is 2.86. The predicted octanol–water partition coefficient (Wildman–Crippen LogP) is 0.671. The van der Waals surface area contributed by atoms with Crippen molar-refractivity contribution in [1.82, 2.24) is 9.97 Å². The van der Waals surface area contributed by atoms with Crippen molar-refractivity contribution >= 4 is 33.3 Å². The van der Waals surface area contributed by atoms with Crippen molar-refractivity contribution in [3.63, 3.8) is 0 Å². The van der Waals surface area contributed by atoms with Crippen LogP contribution in [0, 0.1) is 25.2 Å². The summed E-state index contributed by atoms with van der Waals surface area (Å²) < 4.78 is 27.1. The summed E-state index contributed by atoms with van der Waals surface area (Å²) in [7, 11) is -3.88. The maximum absolute atomic E-state index is 12.4. The highest BCUT2D eigenvalue weighted by atomic mass is 32.2.